The van der Waals surface area contributed by atoms with Crippen molar-refractivity contribution in [3.8, 4) is 0 Å². The van der Waals surface area contributed by atoms with Crippen molar-refractivity contribution in [2.45, 2.75) is 45.1 Å². The smallest absolute Gasteiger partial charge is 0.335 e. The first-order valence-corrected chi connectivity index (χ1v) is 6.67. The summed E-state index contributed by atoms with van der Waals surface area (Å²) in [4.78, 5) is 10.9. The molecule has 0 heterocycles. The van der Waals surface area contributed by atoms with Crippen molar-refractivity contribution in [3.05, 3.63) is 34.9 Å². The van der Waals surface area contributed by atoms with E-state index < -0.39 is 5.97 Å². The molecule has 18 heavy (non-hydrogen) atoms. The minimum absolute atomic E-state index is 0.305. The number of unbranched alkanes of at least 4 members (excludes halogenated alkanes) is 1. The maximum absolute atomic E-state index is 10.9. The number of carboxylic acid groups (broad SMARTS) is 1. The van der Waals surface area contributed by atoms with Gasteiger partial charge in [0.25, 0.3) is 0 Å². The van der Waals surface area contributed by atoms with Crippen molar-refractivity contribution in [1.29, 1.82) is 0 Å². The van der Waals surface area contributed by atoms with Crippen LogP contribution in [0.3, 0.4) is 0 Å². The second kappa shape index (κ2) is 6.01. The molecule has 0 amide bonds. The van der Waals surface area contributed by atoms with E-state index in [9.17, 15) is 4.79 Å². The summed E-state index contributed by atoms with van der Waals surface area (Å²) < 4.78 is 5.84. The van der Waals surface area contributed by atoms with Gasteiger partial charge in [0, 0.05) is 6.61 Å². The lowest BCUT2D eigenvalue weighted by Gasteiger charge is -2.25. The number of fused-ring (bicyclic) bond motifs is 1. The van der Waals surface area contributed by atoms with Gasteiger partial charge in [-0.25, -0.2) is 4.79 Å². The van der Waals surface area contributed by atoms with Gasteiger partial charge in [0.1, 0.15) is 0 Å². The van der Waals surface area contributed by atoms with Crippen molar-refractivity contribution >= 4 is 5.97 Å². The molecule has 0 bridgehead atoms. The summed E-state index contributed by atoms with van der Waals surface area (Å²) in [6.07, 6.45) is 5.41. The Labute approximate surface area is 108 Å². The molecular weight excluding hydrogens is 228 g/mol. The molecule has 1 N–H and O–H groups in total. The molecule has 1 aromatic rings. The van der Waals surface area contributed by atoms with Crippen LogP contribution < -0.4 is 0 Å². The fraction of sp³-hybridized carbons (Fsp3) is 0.533. The number of carbonyl (C=O) groups is 1. The van der Waals surface area contributed by atoms with E-state index in [1.165, 1.54) is 11.1 Å². The third-order valence-electron chi connectivity index (χ3n) is 3.49. The van der Waals surface area contributed by atoms with Crippen LogP contribution in [0.2, 0.25) is 0 Å². The highest BCUT2D eigenvalue weighted by Gasteiger charge is 2.20. The summed E-state index contributed by atoms with van der Waals surface area (Å²) in [5, 5.41) is 8.96. The van der Waals surface area contributed by atoms with Crippen LogP contribution in [0.15, 0.2) is 18.2 Å². The number of rotatable bonds is 5. The molecule has 1 aliphatic carbocycles. The zero-order chi connectivity index (χ0) is 13.0. The summed E-state index contributed by atoms with van der Waals surface area (Å²) in [6, 6.07) is 5.43. The van der Waals surface area contributed by atoms with Crippen molar-refractivity contribution in [2.24, 2.45) is 0 Å². The van der Waals surface area contributed by atoms with Gasteiger partial charge >= 0.3 is 5.97 Å². The van der Waals surface area contributed by atoms with E-state index in [1.54, 1.807) is 12.1 Å². The molecule has 3 nitrogen and oxygen atoms in total. The van der Waals surface area contributed by atoms with E-state index in [-0.39, 0.29) is 0 Å². The second-order valence-electron chi connectivity index (χ2n) is 4.88. The van der Waals surface area contributed by atoms with Gasteiger partial charge in [-0.3, -0.25) is 0 Å². The molecule has 98 valence electrons. The quantitative estimate of drug-likeness (QED) is 0.815. The number of aromatic carboxylic acids is 1. The summed E-state index contributed by atoms with van der Waals surface area (Å²) in [5.41, 5.74) is 2.80. The van der Waals surface area contributed by atoms with Crippen molar-refractivity contribution in [1.82, 2.24) is 0 Å². The van der Waals surface area contributed by atoms with E-state index >= 15 is 0 Å². The van der Waals surface area contributed by atoms with Crippen LogP contribution >= 0.6 is 0 Å². The first-order chi connectivity index (χ1) is 8.70. The third kappa shape index (κ3) is 3.10. The van der Waals surface area contributed by atoms with Crippen molar-refractivity contribution < 1.29 is 14.6 Å². The molecule has 1 unspecified atom stereocenters. The SMILES string of the molecule is CCCCOC1CCc2cc(C(=O)O)ccc2C1. The maximum Gasteiger partial charge on any atom is 0.335 e. The highest BCUT2D eigenvalue weighted by Crippen LogP contribution is 2.24. The first kappa shape index (κ1) is 13.1. The van der Waals surface area contributed by atoms with Crippen LogP contribution in [0.25, 0.3) is 0 Å². The molecule has 0 spiro atoms. The Morgan fingerprint density at radius 2 is 2.28 bits per heavy atom. The molecule has 1 aromatic carbocycles. The van der Waals surface area contributed by atoms with Gasteiger partial charge in [-0.2, -0.15) is 0 Å². The van der Waals surface area contributed by atoms with Crippen LogP contribution in [0.4, 0.5) is 0 Å². The van der Waals surface area contributed by atoms with Crippen LogP contribution in [-0.4, -0.2) is 23.8 Å². The molecule has 0 radical (unpaired) electrons. The normalized spacial score (nSPS) is 18.4. The fourth-order valence-corrected chi connectivity index (χ4v) is 2.39. The van der Waals surface area contributed by atoms with E-state index in [1.807, 2.05) is 6.07 Å². The van der Waals surface area contributed by atoms with Gasteiger partial charge in [-0.15, -0.1) is 0 Å². The van der Waals surface area contributed by atoms with E-state index in [0.717, 1.165) is 38.7 Å². The summed E-state index contributed by atoms with van der Waals surface area (Å²) in [6.45, 7) is 3.00. The Morgan fingerprint density at radius 3 is 3.00 bits per heavy atom. The average Bonchev–Trinajstić information content (AvgIpc) is 2.38. The summed E-state index contributed by atoms with van der Waals surface area (Å²) >= 11 is 0. The van der Waals surface area contributed by atoms with Gasteiger partial charge < -0.3 is 9.84 Å². The lowest BCUT2D eigenvalue weighted by atomic mass is 9.88. The number of ether oxygens (including phenoxy) is 1. The summed E-state index contributed by atoms with van der Waals surface area (Å²) in [5.74, 6) is -0.848. The standard InChI is InChI=1S/C15H20O3/c1-2-3-8-18-14-7-6-11-9-13(15(16)17)5-4-12(11)10-14/h4-5,9,14H,2-3,6-8,10H2,1H3,(H,16,17). The Hall–Kier alpha value is -1.35. The number of benzene rings is 1. The molecule has 0 aromatic heterocycles. The lowest BCUT2D eigenvalue weighted by Crippen LogP contribution is -2.23. The number of carboxylic acids is 1. The highest BCUT2D eigenvalue weighted by atomic mass is 16.5. The molecule has 1 atom stereocenters. The Morgan fingerprint density at radius 1 is 1.44 bits per heavy atom. The molecule has 3 heteroatoms. The van der Waals surface area contributed by atoms with Gasteiger partial charge in [-0.1, -0.05) is 19.4 Å². The maximum atomic E-state index is 10.9. The number of hydrogen-bond donors (Lipinski definition) is 1. The largest absolute Gasteiger partial charge is 0.478 e. The zero-order valence-electron chi connectivity index (χ0n) is 10.8. The molecule has 0 fully saturated rings. The average molecular weight is 248 g/mol. The van der Waals surface area contributed by atoms with E-state index in [0.29, 0.717) is 11.7 Å². The number of hydrogen-bond acceptors (Lipinski definition) is 2. The van der Waals surface area contributed by atoms with Gasteiger partial charge in [0.15, 0.2) is 0 Å². The minimum atomic E-state index is -0.848. The molecule has 1 aliphatic rings. The third-order valence-corrected chi connectivity index (χ3v) is 3.49. The van der Waals surface area contributed by atoms with E-state index in [2.05, 4.69) is 6.92 Å². The molecule has 0 saturated carbocycles. The van der Waals surface area contributed by atoms with Crippen molar-refractivity contribution in [3.63, 3.8) is 0 Å². The minimum Gasteiger partial charge on any atom is -0.478 e. The van der Waals surface area contributed by atoms with Crippen LogP contribution in [0.5, 0.6) is 0 Å². The lowest BCUT2D eigenvalue weighted by molar-refractivity contribution is 0.0424. The van der Waals surface area contributed by atoms with Crippen LogP contribution in [0.1, 0.15) is 47.7 Å². The molecule has 0 saturated heterocycles. The van der Waals surface area contributed by atoms with Gasteiger partial charge in [0.05, 0.1) is 11.7 Å². The topological polar surface area (TPSA) is 46.5 Å². The zero-order valence-corrected chi connectivity index (χ0v) is 10.8. The monoisotopic (exact) mass is 248 g/mol. The Balaban J connectivity index is 2.00. The summed E-state index contributed by atoms with van der Waals surface area (Å²) in [7, 11) is 0. The fourth-order valence-electron chi connectivity index (χ4n) is 2.39. The number of aryl methyl sites for hydroxylation is 1. The molecule has 2 rings (SSSR count). The predicted molar refractivity (Wildman–Crippen MR) is 70.1 cm³/mol. The van der Waals surface area contributed by atoms with E-state index in [4.69, 9.17) is 9.84 Å². The Bertz CT molecular complexity index is 426. The predicted octanol–water partition coefficient (Wildman–Crippen LogP) is 3.06. The van der Waals surface area contributed by atoms with Crippen LogP contribution in [-0.2, 0) is 17.6 Å². The van der Waals surface area contributed by atoms with Crippen molar-refractivity contribution in [2.75, 3.05) is 6.61 Å². The molecular formula is C15H20O3. The highest BCUT2D eigenvalue weighted by molar-refractivity contribution is 5.87. The second-order valence-corrected chi connectivity index (χ2v) is 4.88. The van der Waals surface area contributed by atoms with Gasteiger partial charge in [-0.05, 0) is 48.9 Å². The first-order valence-electron chi connectivity index (χ1n) is 6.67. The van der Waals surface area contributed by atoms with Crippen LogP contribution in [0, 0.1) is 0 Å². The Kier molecular flexibility index (Phi) is 4.37. The molecule has 0 aliphatic heterocycles. The van der Waals surface area contributed by atoms with Gasteiger partial charge in [0.2, 0.25) is 0 Å².